The highest BCUT2D eigenvalue weighted by Crippen LogP contribution is 2.22. The first kappa shape index (κ1) is 8.91. The highest BCUT2D eigenvalue weighted by atomic mass is 35.5. The molecule has 0 amide bonds. The summed E-state index contributed by atoms with van der Waals surface area (Å²) in [5.74, 6) is 0.929. The fourth-order valence-corrected chi connectivity index (χ4v) is 2.09. The van der Waals surface area contributed by atoms with Gasteiger partial charge in [-0.15, -0.1) is 0 Å². The zero-order valence-corrected chi connectivity index (χ0v) is 8.77. The molecule has 0 spiro atoms. The summed E-state index contributed by atoms with van der Waals surface area (Å²) in [6.07, 6.45) is 0. The maximum Gasteiger partial charge on any atom is 0.125 e. The van der Waals surface area contributed by atoms with E-state index < -0.39 is 0 Å². The predicted octanol–water partition coefficient (Wildman–Crippen LogP) is 2.64. The van der Waals surface area contributed by atoms with Crippen LogP contribution in [0.4, 0.5) is 0 Å². The van der Waals surface area contributed by atoms with Crippen molar-refractivity contribution < 1.29 is 0 Å². The molecule has 13 heavy (non-hydrogen) atoms. The fourth-order valence-electron chi connectivity index (χ4n) is 1.10. The first-order chi connectivity index (χ1) is 6.25. The lowest BCUT2D eigenvalue weighted by Gasteiger charge is -1.99. The van der Waals surface area contributed by atoms with E-state index in [-0.39, 0.29) is 0 Å². The van der Waals surface area contributed by atoms with Crippen LogP contribution in [-0.2, 0) is 0 Å². The van der Waals surface area contributed by atoms with Crippen LogP contribution in [0, 0.1) is 0 Å². The van der Waals surface area contributed by atoms with E-state index in [1.807, 2.05) is 36.3 Å². The molecule has 1 aliphatic rings. The number of hydrazone groups is 1. The Morgan fingerprint density at radius 2 is 2.08 bits per heavy atom. The highest BCUT2D eigenvalue weighted by Gasteiger charge is 2.12. The van der Waals surface area contributed by atoms with Crippen molar-refractivity contribution in [1.82, 2.24) is 5.01 Å². The summed E-state index contributed by atoms with van der Waals surface area (Å²) >= 11 is 7.53. The number of hydrogen-bond donors (Lipinski definition) is 0. The minimum Gasteiger partial charge on any atom is -0.289 e. The van der Waals surface area contributed by atoms with Crippen molar-refractivity contribution in [3.63, 3.8) is 0 Å². The number of benzene rings is 1. The van der Waals surface area contributed by atoms with Crippen molar-refractivity contribution in [2.24, 2.45) is 5.10 Å². The largest absolute Gasteiger partial charge is 0.289 e. The third-order valence-corrected chi connectivity index (χ3v) is 3.09. The highest BCUT2D eigenvalue weighted by molar-refractivity contribution is 8.14. The van der Waals surface area contributed by atoms with Crippen LogP contribution in [0.3, 0.4) is 0 Å². The van der Waals surface area contributed by atoms with Gasteiger partial charge in [-0.2, -0.15) is 5.10 Å². The molecule has 1 heterocycles. The molecule has 0 radical (unpaired) electrons. The SMILES string of the molecule is CN1CSC(c2ccc(Cl)cc2)=N1. The van der Waals surface area contributed by atoms with Crippen LogP contribution in [0.15, 0.2) is 29.4 Å². The number of halogens is 1. The van der Waals surface area contributed by atoms with Gasteiger partial charge in [-0.05, 0) is 12.1 Å². The normalized spacial score (nSPS) is 16.2. The Balaban J connectivity index is 2.26. The van der Waals surface area contributed by atoms with Crippen molar-refractivity contribution in [3.05, 3.63) is 34.9 Å². The van der Waals surface area contributed by atoms with Gasteiger partial charge >= 0.3 is 0 Å². The third kappa shape index (κ3) is 1.98. The minimum atomic E-state index is 0.765. The standard InChI is InChI=1S/C9H9ClN2S/c1-12-6-13-9(11-12)7-2-4-8(10)5-3-7/h2-5H,6H2,1H3. The maximum atomic E-state index is 5.79. The van der Waals surface area contributed by atoms with Gasteiger partial charge in [-0.25, -0.2) is 0 Å². The summed E-state index contributed by atoms with van der Waals surface area (Å²) in [6.45, 7) is 0. The smallest absolute Gasteiger partial charge is 0.125 e. The summed E-state index contributed by atoms with van der Waals surface area (Å²) in [4.78, 5) is 0. The van der Waals surface area contributed by atoms with E-state index in [1.165, 1.54) is 0 Å². The first-order valence-corrected chi connectivity index (χ1v) is 5.30. The van der Waals surface area contributed by atoms with Gasteiger partial charge in [0.05, 0.1) is 5.88 Å². The number of rotatable bonds is 1. The van der Waals surface area contributed by atoms with E-state index >= 15 is 0 Å². The van der Waals surface area contributed by atoms with Gasteiger partial charge in [0.2, 0.25) is 0 Å². The molecule has 1 aromatic rings. The minimum absolute atomic E-state index is 0.765. The molecule has 0 bridgehead atoms. The number of nitrogens with zero attached hydrogens (tertiary/aromatic N) is 2. The van der Waals surface area contributed by atoms with Gasteiger partial charge in [0.1, 0.15) is 5.04 Å². The van der Waals surface area contributed by atoms with E-state index in [1.54, 1.807) is 11.8 Å². The Kier molecular flexibility index (Phi) is 2.47. The Labute approximate surface area is 86.6 Å². The molecular formula is C9H9ClN2S. The fraction of sp³-hybridized carbons (Fsp3) is 0.222. The topological polar surface area (TPSA) is 15.6 Å². The molecule has 0 fully saturated rings. The van der Waals surface area contributed by atoms with Crippen LogP contribution in [0.5, 0.6) is 0 Å². The van der Waals surface area contributed by atoms with Crippen LogP contribution < -0.4 is 0 Å². The molecule has 0 atom stereocenters. The van der Waals surface area contributed by atoms with E-state index in [0.29, 0.717) is 0 Å². The maximum absolute atomic E-state index is 5.79. The molecule has 2 rings (SSSR count). The van der Waals surface area contributed by atoms with Crippen molar-refractivity contribution in [3.8, 4) is 0 Å². The van der Waals surface area contributed by atoms with E-state index in [2.05, 4.69) is 5.10 Å². The third-order valence-electron chi connectivity index (χ3n) is 1.74. The zero-order chi connectivity index (χ0) is 9.26. The molecule has 68 valence electrons. The number of thioether (sulfide) groups is 1. The zero-order valence-electron chi connectivity index (χ0n) is 7.20. The molecule has 0 saturated heterocycles. The van der Waals surface area contributed by atoms with Gasteiger partial charge in [0.25, 0.3) is 0 Å². The van der Waals surface area contributed by atoms with Crippen molar-refractivity contribution in [2.75, 3.05) is 12.9 Å². The summed E-state index contributed by atoms with van der Waals surface area (Å²) in [5.41, 5.74) is 1.14. The molecule has 1 aromatic carbocycles. The molecule has 0 aliphatic carbocycles. The quantitative estimate of drug-likeness (QED) is 0.711. The number of hydrogen-bond acceptors (Lipinski definition) is 3. The first-order valence-electron chi connectivity index (χ1n) is 3.94. The van der Waals surface area contributed by atoms with Crippen LogP contribution in [0.25, 0.3) is 0 Å². The van der Waals surface area contributed by atoms with Crippen LogP contribution in [-0.4, -0.2) is 23.0 Å². The van der Waals surface area contributed by atoms with Crippen LogP contribution >= 0.6 is 23.4 Å². The van der Waals surface area contributed by atoms with E-state index in [0.717, 1.165) is 21.5 Å². The second-order valence-corrected chi connectivity index (χ2v) is 4.21. The van der Waals surface area contributed by atoms with Gasteiger partial charge in [0, 0.05) is 17.6 Å². The molecule has 0 N–H and O–H groups in total. The molecule has 0 saturated carbocycles. The molecule has 2 nitrogen and oxygen atoms in total. The van der Waals surface area contributed by atoms with Crippen molar-refractivity contribution in [2.45, 2.75) is 0 Å². The summed E-state index contributed by atoms with van der Waals surface area (Å²) < 4.78 is 0. The van der Waals surface area contributed by atoms with Gasteiger partial charge < -0.3 is 0 Å². The summed E-state index contributed by atoms with van der Waals surface area (Å²) in [7, 11) is 1.97. The Morgan fingerprint density at radius 1 is 1.38 bits per heavy atom. The van der Waals surface area contributed by atoms with Gasteiger partial charge in [0.15, 0.2) is 0 Å². The molecule has 0 aromatic heterocycles. The molecular weight excluding hydrogens is 204 g/mol. The van der Waals surface area contributed by atoms with Crippen molar-refractivity contribution >= 4 is 28.4 Å². The van der Waals surface area contributed by atoms with E-state index in [9.17, 15) is 0 Å². The van der Waals surface area contributed by atoms with Gasteiger partial charge in [-0.1, -0.05) is 35.5 Å². The second-order valence-electron chi connectivity index (χ2n) is 2.84. The predicted molar refractivity (Wildman–Crippen MR) is 58.2 cm³/mol. The monoisotopic (exact) mass is 212 g/mol. The van der Waals surface area contributed by atoms with Crippen LogP contribution in [0.2, 0.25) is 5.02 Å². The van der Waals surface area contributed by atoms with Gasteiger partial charge in [-0.3, -0.25) is 5.01 Å². The lowest BCUT2D eigenvalue weighted by Crippen LogP contribution is -2.02. The molecule has 1 aliphatic heterocycles. The second kappa shape index (κ2) is 3.60. The van der Waals surface area contributed by atoms with Crippen LogP contribution in [0.1, 0.15) is 5.56 Å². The molecule has 0 unspecified atom stereocenters. The lowest BCUT2D eigenvalue weighted by molar-refractivity contribution is 0.430. The molecule has 4 heteroatoms. The lowest BCUT2D eigenvalue weighted by atomic mass is 10.2. The Bertz CT molecular complexity index is 334. The Hall–Kier alpha value is -0.670. The van der Waals surface area contributed by atoms with E-state index in [4.69, 9.17) is 11.6 Å². The Morgan fingerprint density at radius 3 is 2.62 bits per heavy atom. The van der Waals surface area contributed by atoms with Crippen molar-refractivity contribution in [1.29, 1.82) is 0 Å². The average Bonchev–Trinajstić information content (AvgIpc) is 2.53. The summed E-state index contributed by atoms with van der Waals surface area (Å²) in [5, 5.41) is 8.12. The summed E-state index contributed by atoms with van der Waals surface area (Å²) in [6, 6.07) is 7.76. The average molecular weight is 213 g/mol.